The molecule has 4 aromatic carbocycles. The summed E-state index contributed by atoms with van der Waals surface area (Å²) in [6.45, 7) is 3.73. The summed E-state index contributed by atoms with van der Waals surface area (Å²) in [5, 5.41) is 16.5. The van der Waals surface area contributed by atoms with Crippen LogP contribution in [-0.4, -0.2) is 16.7 Å². The van der Waals surface area contributed by atoms with Gasteiger partial charge in [-0.25, -0.2) is 4.90 Å². The molecule has 1 aliphatic rings. The van der Waals surface area contributed by atoms with E-state index in [1.54, 1.807) is 54.6 Å². The van der Waals surface area contributed by atoms with Crippen LogP contribution in [0.2, 0.25) is 5.02 Å². The number of benzene rings is 4. The van der Waals surface area contributed by atoms with Gasteiger partial charge in [-0.1, -0.05) is 35.9 Å². The zero-order chi connectivity index (χ0) is 24.1. The fourth-order valence-electron chi connectivity index (χ4n) is 4.30. The third kappa shape index (κ3) is 3.29. The van der Waals surface area contributed by atoms with Crippen LogP contribution in [-0.2, 0) is 0 Å². The number of aryl methyl sites for hydroxylation is 1. The van der Waals surface area contributed by atoms with Crippen LogP contribution >= 0.6 is 11.6 Å². The van der Waals surface area contributed by atoms with Crippen molar-refractivity contribution < 1.29 is 14.5 Å². The molecule has 0 saturated carbocycles. The Balaban J connectivity index is 1.76. The monoisotopic (exact) mass is 471 g/mol. The van der Waals surface area contributed by atoms with Crippen LogP contribution in [0.25, 0.3) is 10.8 Å². The number of amides is 2. The lowest BCUT2D eigenvalue weighted by molar-refractivity contribution is -0.383. The third-order valence-electron chi connectivity index (χ3n) is 6.13. The molecule has 34 heavy (non-hydrogen) atoms. The first-order valence-corrected chi connectivity index (χ1v) is 10.9. The zero-order valence-corrected chi connectivity index (χ0v) is 19.0. The number of anilines is 3. The molecule has 0 saturated heterocycles. The van der Waals surface area contributed by atoms with Gasteiger partial charge >= 0.3 is 0 Å². The molecule has 1 N–H and O–H groups in total. The van der Waals surface area contributed by atoms with Crippen molar-refractivity contribution >= 4 is 56.9 Å². The van der Waals surface area contributed by atoms with Gasteiger partial charge in [0.2, 0.25) is 0 Å². The number of imide groups is 1. The second-order valence-electron chi connectivity index (χ2n) is 8.10. The Morgan fingerprint density at radius 1 is 0.912 bits per heavy atom. The Morgan fingerprint density at radius 2 is 1.59 bits per heavy atom. The van der Waals surface area contributed by atoms with Crippen LogP contribution in [0, 0.1) is 24.0 Å². The van der Waals surface area contributed by atoms with E-state index in [4.69, 9.17) is 11.6 Å². The molecule has 0 radical (unpaired) electrons. The Hall–Kier alpha value is -4.23. The normalized spacial score (nSPS) is 12.9. The third-order valence-corrected chi connectivity index (χ3v) is 6.39. The number of nitrogens with zero attached hydrogens (tertiary/aromatic N) is 2. The molecule has 0 fully saturated rings. The minimum absolute atomic E-state index is 0.111. The minimum Gasteiger partial charge on any atom is -0.349 e. The van der Waals surface area contributed by atoms with Crippen molar-refractivity contribution in [2.24, 2.45) is 0 Å². The highest BCUT2D eigenvalue weighted by atomic mass is 35.5. The molecule has 4 aromatic rings. The number of halogens is 1. The van der Waals surface area contributed by atoms with Gasteiger partial charge in [-0.15, -0.1) is 0 Å². The second kappa shape index (κ2) is 7.97. The number of nitro groups is 1. The molecule has 1 aliphatic heterocycles. The predicted octanol–water partition coefficient (Wildman–Crippen LogP) is 6.56. The first-order chi connectivity index (χ1) is 16.3. The Labute approximate surface area is 199 Å². The average molecular weight is 472 g/mol. The molecule has 7 nitrogen and oxygen atoms in total. The summed E-state index contributed by atoms with van der Waals surface area (Å²) >= 11 is 5.96. The molecule has 0 atom stereocenters. The topological polar surface area (TPSA) is 92.6 Å². The predicted molar refractivity (Wildman–Crippen MR) is 132 cm³/mol. The van der Waals surface area contributed by atoms with E-state index in [0.29, 0.717) is 32.7 Å². The summed E-state index contributed by atoms with van der Waals surface area (Å²) in [5.41, 5.74) is 3.11. The quantitative estimate of drug-likeness (QED) is 0.206. The van der Waals surface area contributed by atoms with Crippen molar-refractivity contribution in [3.05, 3.63) is 104 Å². The van der Waals surface area contributed by atoms with Gasteiger partial charge in [-0.2, -0.15) is 0 Å². The molecule has 0 aromatic heterocycles. The summed E-state index contributed by atoms with van der Waals surface area (Å²) in [7, 11) is 0. The van der Waals surface area contributed by atoms with Crippen LogP contribution in [0.5, 0.6) is 0 Å². The zero-order valence-electron chi connectivity index (χ0n) is 18.3. The number of carbonyl (C=O) groups excluding carboxylic acids is 2. The van der Waals surface area contributed by atoms with Crippen LogP contribution in [0.4, 0.5) is 22.7 Å². The SMILES string of the molecule is Cc1cccc(N2C(=O)c3cccc4c(Nc5ccc(Cl)cc5)c([N+](=O)[O-])cc(c34)C2=O)c1C. The van der Waals surface area contributed by atoms with Gasteiger partial charge in [0.15, 0.2) is 0 Å². The van der Waals surface area contributed by atoms with Gasteiger partial charge < -0.3 is 5.32 Å². The highest BCUT2D eigenvalue weighted by molar-refractivity contribution is 6.37. The Morgan fingerprint density at radius 3 is 2.29 bits per heavy atom. The van der Waals surface area contributed by atoms with Gasteiger partial charge in [0.05, 0.1) is 16.2 Å². The number of nitrogens with one attached hydrogen (secondary N) is 1. The van der Waals surface area contributed by atoms with Crippen molar-refractivity contribution in [2.45, 2.75) is 13.8 Å². The number of hydrogen-bond acceptors (Lipinski definition) is 5. The van der Waals surface area contributed by atoms with E-state index in [-0.39, 0.29) is 16.9 Å². The summed E-state index contributed by atoms with van der Waals surface area (Å²) < 4.78 is 0. The average Bonchev–Trinajstić information content (AvgIpc) is 2.82. The van der Waals surface area contributed by atoms with E-state index in [1.165, 1.54) is 6.07 Å². The number of rotatable bonds is 4. The summed E-state index contributed by atoms with van der Waals surface area (Å²) in [5.74, 6) is -1.06. The molecule has 1 heterocycles. The lowest BCUT2D eigenvalue weighted by Gasteiger charge is -2.29. The number of carbonyl (C=O) groups is 2. The molecular formula is C26H18ClN3O4. The summed E-state index contributed by atoms with van der Waals surface area (Å²) in [4.78, 5) is 39.8. The largest absolute Gasteiger partial charge is 0.349 e. The smallest absolute Gasteiger partial charge is 0.294 e. The summed E-state index contributed by atoms with van der Waals surface area (Å²) in [6, 6.07) is 18.3. The number of hydrogen-bond donors (Lipinski definition) is 1. The van der Waals surface area contributed by atoms with Gasteiger partial charge in [0.1, 0.15) is 5.69 Å². The highest BCUT2D eigenvalue weighted by Crippen LogP contribution is 2.42. The van der Waals surface area contributed by atoms with Crippen LogP contribution < -0.4 is 10.2 Å². The van der Waals surface area contributed by atoms with Crippen molar-refractivity contribution in [3.63, 3.8) is 0 Å². The molecule has 8 heteroatoms. The maximum atomic E-state index is 13.6. The standard InChI is InChI=1S/C26H18ClN3O4/c1-14-5-3-8-21(15(14)2)29-25(31)19-7-4-6-18-23(19)20(26(29)32)13-22(30(33)34)24(18)28-17-11-9-16(27)10-12-17/h3-13,28H,1-2H3. The Kier molecular flexibility index (Phi) is 5.06. The summed E-state index contributed by atoms with van der Waals surface area (Å²) in [6.07, 6.45) is 0. The Bertz CT molecular complexity index is 1530. The molecule has 0 aliphatic carbocycles. The molecule has 2 amide bonds. The van der Waals surface area contributed by atoms with Crippen LogP contribution in [0.3, 0.4) is 0 Å². The fourth-order valence-corrected chi connectivity index (χ4v) is 4.43. The van der Waals surface area contributed by atoms with E-state index < -0.39 is 16.7 Å². The van der Waals surface area contributed by atoms with E-state index in [2.05, 4.69) is 5.32 Å². The first kappa shape index (κ1) is 21.6. The molecule has 5 rings (SSSR count). The van der Waals surface area contributed by atoms with Gasteiger partial charge in [-0.3, -0.25) is 19.7 Å². The molecule has 0 bridgehead atoms. The molecule has 0 spiro atoms. The van der Waals surface area contributed by atoms with Crippen LogP contribution in [0.1, 0.15) is 31.8 Å². The van der Waals surface area contributed by atoms with E-state index >= 15 is 0 Å². The van der Waals surface area contributed by atoms with E-state index in [1.807, 2.05) is 19.9 Å². The fraction of sp³-hybridized carbons (Fsp3) is 0.0769. The van der Waals surface area contributed by atoms with Crippen molar-refractivity contribution in [2.75, 3.05) is 10.2 Å². The minimum atomic E-state index is -0.594. The lowest BCUT2D eigenvalue weighted by atomic mass is 9.91. The highest BCUT2D eigenvalue weighted by Gasteiger charge is 2.37. The maximum absolute atomic E-state index is 13.6. The van der Waals surface area contributed by atoms with Gasteiger partial charge in [0, 0.05) is 33.1 Å². The lowest BCUT2D eigenvalue weighted by Crippen LogP contribution is -2.41. The molecule has 168 valence electrons. The number of nitro benzene ring substituents is 1. The van der Waals surface area contributed by atoms with Crippen LogP contribution in [0.15, 0.2) is 66.7 Å². The maximum Gasteiger partial charge on any atom is 0.294 e. The second-order valence-corrected chi connectivity index (χ2v) is 8.54. The van der Waals surface area contributed by atoms with Gasteiger partial charge in [0.25, 0.3) is 17.5 Å². The van der Waals surface area contributed by atoms with Crippen molar-refractivity contribution in [3.8, 4) is 0 Å². The van der Waals surface area contributed by atoms with Crippen molar-refractivity contribution in [1.82, 2.24) is 0 Å². The molecular weight excluding hydrogens is 454 g/mol. The van der Waals surface area contributed by atoms with E-state index in [9.17, 15) is 19.7 Å². The molecule has 0 unspecified atom stereocenters. The van der Waals surface area contributed by atoms with Gasteiger partial charge in [-0.05, 0) is 61.4 Å². The van der Waals surface area contributed by atoms with Crippen molar-refractivity contribution in [1.29, 1.82) is 0 Å². The van der Waals surface area contributed by atoms with E-state index in [0.717, 1.165) is 16.0 Å². The first-order valence-electron chi connectivity index (χ1n) is 10.5.